The summed E-state index contributed by atoms with van der Waals surface area (Å²) in [7, 11) is 2.48. The van der Waals surface area contributed by atoms with E-state index in [1.165, 1.54) is 14.2 Å². The Hall–Kier alpha value is -1.79. The van der Waals surface area contributed by atoms with E-state index in [0.717, 1.165) is 24.2 Å². The molecule has 1 saturated heterocycles. The van der Waals surface area contributed by atoms with Crippen LogP contribution in [0.3, 0.4) is 0 Å². The quantitative estimate of drug-likeness (QED) is 0.685. The number of rotatable bonds is 4. The average Bonchev–Trinajstić information content (AvgIpc) is 2.46. The highest BCUT2D eigenvalue weighted by Crippen LogP contribution is 2.11. The van der Waals surface area contributed by atoms with Crippen LogP contribution in [0.15, 0.2) is 0 Å². The Balaban J connectivity index is 2.66. The van der Waals surface area contributed by atoms with Gasteiger partial charge in [0, 0.05) is 13.1 Å². The standard InChI is InChI=1S/C12H20N2O5/c1-18-10(15)8-14(9-11(16)19-2)12(17)13-6-4-3-5-7-13/h3-9H2,1-2H3. The summed E-state index contributed by atoms with van der Waals surface area (Å²) in [4.78, 5) is 37.6. The van der Waals surface area contributed by atoms with E-state index in [2.05, 4.69) is 9.47 Å². The molecule has 1 heterocycles. The molecule has 0 atom stereocenters. The molecule has 7 nitrogen and oxygen atoms in total. The summed E-state index contributed by atoms with van der Waals surface area (Å²) in [5, 5.41) is 0. The van der Waals surface area contributed by atoms with Crippen molar-refractivity contribution in [1.82, 2.24) is 9.80 Å². The van der Waals surface area contributed by atoms with Crippen molar-refractivity contribution >= 4 is 18.0 Å². The van der Waals surface area contributed by atoms with Gasteiger partial charge in [0.1, 0.15) is 13.1 Å². The highest BCUT2D eigenvalue weighted by molar-refractivity contribution is 5.85. The SMILES string of the molecule is COC(=O)CN(CC(=O)OC)C(=O)N1CCCCC1. The lowest BCUT2D eigenvalue weighted by atomic mass is 10.1. The first-order chi connectivity index (χ1) is 9.08. The predicted molar refractivity (Wildman–Crippen MR) is 66.4 cm³/mol. The maximum atomic E-state index is 12.2. The van der Waals surface area contributed by atoms with Crippen LogP contribution in [0.4, 0.5) is 4.79 Å². The van der Waals surface area contributed by atoms with E-state index < -0.39 is 11.9 Å². The summed E-state index contributed by atoms with van der Waals surface area (Å²) < 4.78 is 9.06. The summed E-state index contributed by atoms with van der Waals surface area (Å²) in [6.45, 7) is 0.803. The van der Waals surface area contributed by atoms with Crippen molar-refractivity contribution in [2.45, 2.75) is 19.3 Å². The molecule has 0 radical (unpaired) electrons. The normalized spacial score (nSPS) is 14.7. The number of amides is 2. The van der Waals surface area contributed by atoms with Gasteiger partial charge in [0.05, 0.1) is 14.2 Å². The van der Waals surface area contributed by atoms with Gasteiger partial charge in [-0.15, -0.1) is 0 Å². The molecule has 1 rings (SSSR count). The van der Waals surface area contributed by atoms with E-state index in [1.807, 2.05) is 0 Å². The zero-order valence-corrected chi connectivity index (χ0v) is 11.4. The van der Waals surface area contributed by atoms with Crippen LogP contribution in [0.25, 0.3) is 0 Å². The average molecular weight is 272 g/mol. The first-order valence-electron chi connectivity index (χ1n) is 6.26. The molecule has 0 aliphatic carbocycles. The molecule has 0 spiro atoms. The number of carbonyl (C=O) groups is 3. The Labute approximate surface area is 112 Å². The fourth-order valence-corrected chi connectivity index (χ4v) is 1.92. The van der Waals surface area contributed by atoms with Crippen molar-refractivity contribution in [1.29, 1.82) is 0 Å². The zero-order chi connectivity index (χ0) is 14.3. The maximum Gasteiger partial charge on any atom is 0.325 e. The van der Waals surface area contributed by atoms with Crippen LogP contribution in [0, 0.1) is 0 Å². The van der Waals surface area contributed by atoms with Crippen LogP contribution in [-0.2, 0) is 19.1 Å². The van der Waals surface area contributed by atoms with Crippen LogP contribution in [0.1, 0.15) is 19.3 Å². The third-order valence-electron chi connectivity index (χ3n) is 2.99. The number of hydrogen-bond acceptors (Lipinski definition) is 5. The molecular formula is C12H20N2O5. The second kappa shape index (κ2) is 7.60. The monoisotopic (exact) mass is 272 g/mol. The molecule has 0 aromatic heterocycles. The highest BCUT2D eigenvalue weighted by atomic mass is 16.5. The van der Waals surface area contributed by atoms with Gasteiger partial charge in [-0.1, -0.05) is 0 Å². The van der Waals surface area contributed by atoms with Gasteiger partial charge in [-0.25, -0.2) is 4.79 Å². The second-order valence-corrected chi connectivity index (χ2v) is 4.34. The zero-order valence-electron chi connectivity index (χ0n) is 11.4. The van der Waals surface area contributed by atoms with Crippen molar-refractivity contribution in [3.63, 3.8) is 0 Å². The molecule has 0 unspecified atom stereocenters. The van der Waals surface area contributed by atoms with E-state index in [1.54, 1.807) is 4.90 Å². The summed E-state index contributed by atoms with van der Waals surface area (Å²) in [5.74, 6) is -1.12. The third-order valence-corrected chi connectivity index (χ3v) is 2.99. The Kier molecular flexibility index (Phi) is 6.11. The Morgan fingerprint density at radius 2 is 1.42 bits per heavy atom. The van der Waals surface area contributed by atoms with Crippen LogP contribution in [0.5, 0.6) is 0 Å². The fourth-order valence-electron chi connectivity index (χ4n) is 1.92. The van der Waals surface area contributed by atoms with Crippen molar-refractivity contribution in [2.75, 3.05) is 40.4 Å². The number of piperidine rings is 1. The summed E-state index contributed by atoms with van der Waals surface area (Å²) in [6, 6.07) is -0.324. The van der Waals surface area contributed by atoms with Crippen LogP contribution < -0.4 is 0 Å². The summed E-state index contributed by atoms with van der Waals surface area (Å²) in [6.07, 6.45) is 2.98. The minimum atomic E-state index is -0.561. The molecule has 7 heteroatoms. The molecule has 108 valence electrons. The number of hydrogen-bond donors (Lipinski definition) is 0. The van der Waals surface area contributed by atoms with Crippen molar-refractivity contribution < 1.29 is 23.9 Å². The van der Waals surface area contributed by atoms with Crippen molar-refractivity contribution in [3.05, 3.63) is 0 Å². The molecule has 0 N–H and O–H groups in total. The van der Waals surface area contributed by atoms with Crippen LogP contribution >= 0.6 is 0 Å². The number of nitrogens with zero attached hydrogens (tertiary/aromatic N) is 2. The number of carbonyl (C=O) groups excluding carboxylic acids is 3. The lowest BCUT2D eigenvalue weighted by Crippen LogP contribution is -2.49. The molecule has 0 aromatic carbocycles. The predicted octanol–water partition coefficient (Wildman–Crippen LogP) is 0.240. The molecule has 0 bridgehead atoms. The van der Waals surface area contributed by atoms with Crippen molar-refractivity contribution in [3.8, 4) is 0 Å². The number of methoxy groups -OCH3 is 2. The van der Waals surface area contributed by atoms with Gasteiger partial charge in [0.15, 0.2) is 0 Å². The lowest BCUT2D eigenvalue weighted by molar-refractivity contribution is -0.144. The summed E-state index contributed by atoms with van der Waals surface area (Å²) >= 11 is 0. The molecule has 1 aliphatic rings. The molecule has 1 aliphatic heterocycles. The van der Waals surface area contributed by atoms with Gasteiger partial charge >= 0.3 is 18.0 Å². The smallest absolute Gasteiger partial charge is 0.325 e. The largest absolute Gasteiger partial charge is 0.468 e. The topological polar surface area (TPSA) is 76.1 Å². The Bertz CT molecular complexity index is 321. The van der Waals surface area contributed by atoms with E-state index in [4.69, 9.17) is 0 Å². The second-order valence-electron chi connectivity index (χ2n) is 4.34. The molecule has 0 aromatic rings. The highest BCUT2D eigenvalue weighted by Gasteiger charge is 2.26. The number of likely N-dealkylation sites (tertiary alicyclic amines) is 1. The fraction of sp³-hybridized carbons (Fsp3) is 0.750. The van der Waals surface area contributed by atoms with Gasteiger partial charge in [-0.2, -0.15) is 0 Å². The number of esters is 2. The van der Waals surface area contributed by atoms with Crippen LogP contribution in [-0.4, -0.2) is 68.2 Å². The van der Waals surface area contributed by atoms with Gasteiger partial charge in [0.2, 0.25) is 0 Å². The maximum absolute atomic E-state index is 12.2. The van der Waals surface area contributed by atoms with E-state index in [9.17, 15) is 14.4 Å². The Morgan fingerprint density at radius 3 is 1.84 bits per heavy atom. The number of ether oxygens (including phenoxy) is 2. The molecule has 2 amide bonds. The molecule has 0 saturated carbocycles. The lowest BCUT2D eigenvalue weighted by Gasteiger charge is -2.31. The first-order valence-corrected chi connectivity index (χ1v) is 6.26. The van der Waals surface area contributed by atoms with E-state index in [-0.39, 0.29) is 19.1 Å². The van der Waals surface area contributed by atoms with Gasteiger partial charge in [-0.05, 0) is 19.3 Å². The van der Waals surface area contributed by atoms with E-state index >= 15 is 0 Å². The van der Waals surface area contributed by atoms with Crippen LogP contribution in [0.2, 0.25) is 0 Å². The van der Waals surface area contributed by atoms with Crippen molar-refractivity contribution in [2.24, 2.45) is 0 Å². The Morgan fingerprint density at radius 1 is 0.947 bits per heavy atom. The minimum Gasteiger partial charge on any atom is -0.468 e. The third kappa shape index (κ3) is 4.76. The molecule has 1 fully saturated rings. The van der Waals surface area contributed by atoms with Gasteiger partial charge < -0.3 is 19.3 Å². The number of urea groups is 1. The van der Waals surface area contributed by atoms with Gasteiger partial charge in [-0.3, -0.25) is 9.59 Å². The molecular weight excluding hydrogens is 252 g/mol. The van der Waals surface area contributed by atoms with E-state index in [0.29, 0.717) is 13.1 Å². The first kappa shape index (κ1) is 15.3. The minimum absolute atomic E-state index is 0.249. The van der Waals surface area contributed by atoms with Gasteiger partial charge in [0.25, 0.3) is 0 Å². The molecule has 19 heavy (non-hydrogen) atoms. The summed E-state index contributed by atoms with van der Waals surface area (Å²) in [5.41, 5.74) is 0.